The molecule has 1 fully saturated rings. The monoisotopic (exact) mass is 332 g/mol. The number of sulfone groups is 1. The molecule has 5 nitrogen and oxygen atoms in total. The highest BCUT2D eigenvalue weighted by Crippen LogP contribution is 2.19. The average Bonchev–Trinajstić information content (AvgIpc) is 2.46. The zero-order chi connectivity index (χ0) is 14.8. The molecule has 2 rings (SSSR count). The number of rotatable bonds is 3. The zero-order valence-electron chi connectivity index (χ0n) is 12.0. The zero-order valence-corrected chi connectivity index (χ0v) is 13.6. The third-order valence-electron chi connectivity index (χ3n) is 3.74. The van der Waals surface area contributed by atoms with Crippen molar-refractivity contribution in [2.45, 2.75) is 17.7 Å². The summed E-state index contributed by atoms with van der Waals surface area (Å²) in [7, 11) is -3.29. The maximum atomic E-state index is 12.4. The van der Waals surface area contributed by atoms with Crippen LogP contribution in [-0.2, 0) is 9.84 Å². The lowest BCUT2D eigenvalue weighted by molar-refractivity contribution is 0.0693. The molecule has 0 spiro atoms. The van der Waals surface area contributed by atoms with Crippen molar-refractivity contribution < 1.29 is 13.2 Å². The summed E-state index contributed by atoms with van der Waals surface area (Å²) in [4.78, 5) is 14.3. The fraction of sp³-hybridized carbons (Fsp3) is 0.500. The minimum Gasteiger partial charge on any atom is -0.339 e. The fourth-order valence-corrected chi connectivity index (χ4v) is 3.08. The van der Waals surface area contributed by atoms with Crippen molar-refractivity contribution in [3.8, 4) is 0 Å². The molecule has 1 saturated heterocycles. The van der Waals surface area contributed by atoms with Gasteiger partial charge in [0.25, 0.3) is 5.91 Å². The Hall–Kier alpha value is -1.11. The topological polar surface area (TPSA) is 80.5 Å². The van der Waals surface area contributed by atoms with Gasteiger partial charge in [0.2, 0.25) is 0 Å². The number of nitrogens with two attached hydrogens (primary N) is 1. The SMILES string of the molecule is CS(=O)(=O)c1cccc(C(=O)N2CCC(CN)CC2)c1.Cl. The largest absolute Gasteiger partial charge is 0.339 e. The van der Waals surface area contributed by atoms with Gasteiger partial charge >= 0.3 is 0 Å². The van der Waals surface area contributed by atoms with Crippen LogP contribution in [0.5, 0.6) is 0 Å². The maximum absolute atomic E-state index is 12.4. The Morgan fingerprint density at radius 3 is 2.48 bits per heavy atom. The number of amides is 1. The molecule has 118 valence electrons. The molecule has 1 aliphatic heterocycles. The molecule has 0 radical (unpaired) electrons. The predicted molar refractivity (Wildman–Crippen MR) is 84.5 cm³/mol. The molecule has 0 unspecified atom stereocenters. The highest BCUT2D eigenvalue weighted by Gasteiger charge is 2.23. The number of hydrogen-bond donors (Lipinski definition) is 1. The van der Waals surface area contributed by atoms with Crippen molar-refractivity contribution in [2.24, 2.45) is 11.7 Å². The van der Waals surface area contributed by atoms with Crippen molar-refractivity contribution in [2.75, 3.05) is 25.9 Å². The van der Waals surface area contributed by atoms with Gasteiger partial charge in [0.1, 0.15) is 0 Å². The number of carbonyl (C=O) groups is 1. The van der Waals surface area contributed by atoms with E-state index in [1.807, 2.05) is 0 Å². The van der Waals surface area contributed by atoms with Crippen LogP contribution in [-0.4, -0.2) is 45.1 Å². The summed E-state index contributed by atoms with van der Waals surface area (Å²) in [6, 6.07) is 6.22. The number of nitrogens with zero attached hydrogens (tertiary/aromatic N) is 1. The van der Waals surface area contributed by atoms with Gasteiger partial charge in [0.05, 0.1) is 4.90 Å². The molecule has 0 atom stereocenters. The third kappa shape index (κ3) is 4.43. The van der Waals surface area contributed by atoms with Gasteiger partial charge in [-0.2, -0.15) is 0 Å². The Morgan fingerprint density at radius 2 is 1.95 bits per heavy atom. The van der Waals surface area contributed by atoms with E-state index in [9.17, 15) is 13.2 Å². The molecule has 0 bridgehead atoms. The van der Waals surface area contributed by atoms with E-state index in [1.54, 1.807) is 17.0 Å². The molecule has 2 N–H and O–H groups in total. The minimum absolute atomic E-state index is 0. The number of halogens is 1. The van der Waals surface area contributed by atoms with Gasteiger partial charge in [-0.15, -0.1) is 12.4 Å². The molecule has 0 aromatic heterocycles. The Bertz CT molecular complexity index is 596. The first-order chi connectivity index (χ1) is 9.41. The van der Waals surface area contributed by atoms with Gasteiger partial charge in [-0.3, -0.25) is 4.79 Å². The molecule has 1 aliphatic rings. The molecule has 1 amide bonds. The molecular formula is C14H21ClN2O3S. The lowest BCUT2D eigenvalue weighted by Crippen LogP contribution is -2.40. The molecule has 21 heavy (non-hydrogen) atoms. The Labute approximate surface area is 131 Å². The third-order valence-corrected chi connectivity index (χ3v) is 4.85. The first kappa shape index (κ1) is 17.9. The summed E-state index contributed by atoms with van der Waals surface area (Å²) in [5, 5.41) is 0. The summed E-state index contributed by atoms with van der Waals surface area (Å²) in [6.45, 7) is 2.03. The Kier molecular flexibility index (Phi) is 6.19. The van der Waals surface area contributed by atoms with E-state index in [1.165, 1.54) is 12.1 Å². The summed E-state index contributed by atoms with van der Waals surface area (Å²) < 4.78 is 23.1. The molecule has 0 saturated carbocycles. The molecule has 1 aromatic carbocycles. The van der Waals surface area contributed by atoms with Crippen molar-refractivity contribution in [3.63, 3.8) is 0 Å². The molecule has 1 heterocycles. The van der Waals surface area contributed by atoms with Crippen LogP contribution in [0, 0.1) is 5.92 Å². The van der Waals surface area contributed by atoms with Crippen LogP contribution >= 0.6 is 12.4 Å². The minimum atomic E-state index is -3.29. The molecule has 0 aliphatic carbocycles. The summed E-state index contributed by atoms with van der Waals surface area (Å²) in [5.74, 6) is 0.382. The van der Waals surface area contributed by atoms with Crippen LogP contribution < -0.4 is 5.73 Å². The summed E-state index contributed by atoms with van der Waals surface area (Å²) in [6.07, 6.45) is 2.96. The number of benzene rings is 1. The van der Waals surface area contributed by atoms with E-state index in [2.05, 4.69) is 0 Å². The van der Waals surface area contributed by atoms with Gasteiger partial charge in [-0.05, 0) is 43.5 Å². The highest BCUT2D eigenvalue weighted by molar-refractivity contribution is 7.90. The predicted octanol–water partition coefficient (Wildman–Crippen LogP) is 1.32. The van der Waals surface area contributed by atoms with Gasteiger partial charge in [0, 0.05) is 24.9 Å². The van der Waals surface area contributed by atoms with Gasteiger partial charge in [-0.25, -0.2) is 8.42 Å². The summed E-state index contributed by atoms with van der Waals surface area (Å²) >= 11 is 0. The quantitative estimate of drug-likeness (QED) is 0.905. The van der Waals surface area contributed by atoms with Gasteiger partial charge < -0.3 is 10.6 Å². The van der Waals surface area contributed by atoms with Gasteiger partial charge in [-0.1, -0.05) is 6.07 Å². The first-order valence-electron chi connectivity index (χ1n) is 6.71. The van der Waals surface area contributed by atoms with Crippen LogP contribution in [0.3, 0.4) is 0 Å². The van der Waals surface area contributed by atoms with Crippen LogP contribution in [0.15, 0.2) is 29.2 Å². The second-order valence-corrected chi connectivity index (χ2v) is 7.29. The molecule has 1 aromatic rings. The Morgan fingerprint density at radius 1 is 1.33 bits per heavy atom. The van der Waals surface area contributed by atoms with E-state index in [-0.39, 0.29) is 23.2 Å². The second-order valence-electron chi connectivity index (χ2n) is 5.27. The van der Waals surface area contributed by atoms with E-state index >= 15 is 0 Å². The fourth-order valence-electron chi connectivity index (χ4n) is 2.41. The number of piperidine rings is 1. The van der Waals surface area contributed by atoms with Crippen LogP contribution in [0.4, 0.5) is 0 Å². The van der Waals surface area contributed by atoms with Crippen molar-refractivity contribution in [3.05, 3.63) is 29.8 Å². The standard InChI is InChI=1S/C14H20N2O3S.ClH/c1-20(18,19)13-4-2-3-12(9-13)14(17)16-7-5-11(10-15)6-8-16;/h2-4,9,11H,5-8,10,15H2,1H3;1H. The molecule has 7 heteroatoms. The number of carbonyl (C=O) groups excluding carboxylic acids is 1. The van der Waals surface area contributed by atoms with E-state index in [4.69, 9.17) is 5.73 Å². The second kappa shape index (κ2) is 7.24. The van der Waals surface area contributed by atoms with E-state index in [0.29, 0.717) is 31.1 Å². The number of likely N-dealkylation sites (tertiary alicyclic amines) is 1. The van der Waals surface area contributed by atoms with Crippen LogP contribution in [0.25, 0.3) is 0 Å². The first-order valence-corrected chi connectivity index (χ1v) is 8.60. The molecular weight excluding hydrogens is 312 g/mol. The lowest BCUT2D eigenvalue weighted by Gasteiger charge is -2.31. The van der Waals surface area contributed by atoms with Crippen LogP contribution in [0.2, 0.25) is 0 Å². The van der Waals surface area contributed by atoms with E-state index in [0.717, 1.165) is 19.1 Å². The van der Waals surface area contributed by atoms with Gasteiger partial charge in [0.15, 0.2) is 9.84 Å². The maximum Gasteiger partial charge on any atom is 0.253 e. The van der Waals surface area contributed by atoms with Crippen molar-refractivity contribution in [1.82, 2.24) is 4.90 Å². The van der Waals surface area contributed by atoms with E-state index < -0.39 is 9.84 Å². The number of hydrogen-bond acceptors (Lipinski definition) is 4. The van der Waals surface area contributed by atoms with Crippen molar-refractivity contribution >= 4 is 28.2 Å². The Balaban J connectivity index is 0.00000220. The van der Waals surface area contributed by atoms with Crippen molar-refractivity contribution in [1.29, 1.82) is 0 Å². The lowest BCUT2D eigenvalue weighted by atomic mass is 9.96. The highest BCUT2D eigenvalue weighted by atomic mass is 35.5. The summed E-state index contributed by atoms with van der Waals surface area (Å²) in [5.41, 5.74) is 6.06. The van der Waals surface area contributed by atoms with Crippen LogP contribution in [0.1, 0.15) is 23.2 Å². The normalized spacial score (nSPS) is 16.4. The smallest absolute Gasteiger partial charge is 0.253 e. The average molecular weight is 333 g/mol.